The van der Waals surface area contributed by atoms with Crippen LogP contribution in [0.2, 0.25) is 25.7 Å². The van der Waals surface area contributed by atoms with Crippen LogP contribution in [0, 0.1) is 17.8 Å². The summed E-state index contributed by atoms with van der Waals surface area (Å²) in [4.78, 5) is 40.2. The van der Waals surface area contributed by atoms with E-state index in [9.17, 15) is 49.1 Å². The number of halogens is 6. The highest BCUT2D eigenvalue weighted by atomic mass is 32.2. The van der Waals surface area contributed by atoms with Gasteiger partial charge in [0.15, 0.2) is 5.78 Å². The summed E-state index contributed by atoms with van der Waals surface area (Å²) >= 11 is 0. The molecular weight excluding hydrogens is 664 g/mol. The van der Waals surface area contributed by atoms with Gasteiger partial charge >= 0.3 is 27.8 Å². The van der Waals surface area contributed by atoms with E-state index in [2.05, 4.69) is 34.1 Å². The molecule has 250 valence electrons. The smallest absolute Gasteiger partial charge is 0.466 e. The second kappa shape index (κ2) is 12.8. The fourth-order valence-electron chi connectivity index (χ4n) is 5.15. The van der Waals surface area contributed by atoms with Crippen molar-refractivity contribution in [3.05, 3.63) is 63.9 Å². The number of hydrogen-bond donors (Lipinski definition) is 0. The Kier molecular flexibility index (Phi) is 9.73. The Balaban J connectivity index is 1.62. The maximum atomic E-state index is 13.6. The first-order chi connectivity index (χ1) is 21.2. The van der Waals surface area contributed by atoms with Gasteiger partial charge in [-0.2, -0.15) is 34.8 Å². The van der Waals surface area contributed by atoms with Crippen molar-refractivity contribution in [1.29, 1.82) is 0 Å². The highest BCUT2D eigenvalue weighted by molar-refractivity contribution is 7.88. The van der Waals surface area contributed by atoms with E-state index in [0.717, 1.165) is 41.1 Å². The Morgan fingerprint density at radius 2 is 1.65 bits per heavy atom. The average molecular weight is 694 g/mol. The Labute approximate surface area is 259 Å². The van der Waals surface area contributed by atoms with Crippen molar-refractivity contribution in [1.82, 2.24) is 15.0 Å². The summed E-state index contributed by atoms with van der Waals surface area (Å²) in [5.74, 6) is -4.84. The summed E-state index contributed by atoms with van der Waals surface area (Å²) in [6.45, 7) is 6.00. The number of ketones is 1. The van der Waals surface area contributed by atoms with Crippen molar-refractivity contribution in [2.24, 2.45) is 17.8 Å². The van der Waals surface area contributed by atoms with E-state index in [1.807, 2.05) is 0 Å². The number of hydrogen-bond acceptors (Lipinski definition) is 9. The molecule has 0 saturated heterocycles. The summed E-state index contributed by atoms with van der Waals surface area (Å²) in [5, 5.41) is 7.34. The maximum absolute atomic E-state index is 13.6. The second-order valence-electron chi connectivity index (χ2n) is 12.1. The lowest BCUT2D eigenvalue weighted by Gasteiger charge is -2.24. The first-order valence-corrected chi connectivity index (χ1v) is 19.1. The van der Waals surface area contributed by atoms with Gasteiger partial charge in [0.05, 0.1) is 30.0 Å². The Bertz CT molecular complexity index is 1790. The topological polar surface area (TPSA) is 135 Å². The van der Waals surface area contributed by atoms with E-state index in [1.165, 1.54) is 0 Å². The Morgan fingerprint density at radius 3 is 2.24 bits per heavy atom. The lowest BCUT2D eigenvalue weighted by atomic mass is 9.84. The van der Waals surface area contributed by atoms with Gasteiger partial charge in [0.2, 0.25) is 0 Å². The molecule has 3 aromatic rings. The molecule has 3 atom stereocenters. The molecule has 0 amide bonds. The number of rotatable bonds is 10. The van der Waals surface area contributed by atoms with Crippen molar-refractivity contribution in [2.75, 3.05) is 6.61 Å². The first-order valence-electron chi connectivity index (χ1n) is 13.9. The molecule has 1 saturated carbocycles. The highest BCUT2D eigenvalue weighted by Gasteiger charge is 2.49. The predicted molar refractivity (Wildman–Crippen MR) is 154 cm³/mol. The second-order valence-corrected chi connectivity index (χ2v) is 19.3. The van der Waals surface area contributed by atoms with E-state index in [0.29, 0.717) is 12.1 Å². The first kappa shape index (κ1) is 35.1. The van der Waals surface area contributed by atoms with Crippen molar-refractivity contribution >= 4 is 40.8 Å². The summed E-state index contributed by atoms with van der Waals surface area (Å²) in [7, 11) is -7.57. The number of benzene rings is 2. The number of esters is 1. The van der Waals surface area contributed by atoms with E-state index >= 15 is 0 Å². The van der Waals surface area contributed by atoms with Gasteiger partial charge < -0.3 is 8.92 Å². The summed E-state index contributed by atoms with van der Waals surface area (Å²) in [6.07, 6.45) is -4.37. The number of nitrogens with zero attached hydrogens (tertiary/aromatic N) is 3. The van der Waals surface area contributed by atoms with Gasteiger partial charge in [-0.3, -0.25) is 14.4 Å². The largest absolute Gasteiger partial charge is 0.534 e. The van der Waals surface area contributed by atoms with Crippen molar-refractivity contribution < 1.29 is 53.3 Å². The van der Waals surface area contributed by atoms with Gasteiger partial charge in [0, 0.05) is 19.6 Å². The van der Waals surface area contributed by atoms with Crippen LogP contribution in [-0.4, -0.2) is 55.4 Å². The van der Waals surface area contributed by atoms with Crippen LogP contribution >= 0.6 is 0 Å². The van der Waals surface area contributed by atoms with Gasteiger partial charge in [0.1, 0.15) is 11.3 Å². The zero-order chi connectivity index (χ0) is 34.2. The lowest BCUT2D eigenvalue weighted by molar-refractivity contribution is -0.150. The van der Waals surface area contributed by atoms with Crippen LogP contribution in [0.3, 0.4) is 0 Å². The predicted octanol–water partition coefficient (Wildman–Crippen LogP) is 5.45. The number of fused-ring (bicyclic) bond motifs is 1. The average Bonchev–Trinajstić information content (AvgIpc) is 3.36. The van der Waals surface area contributed by atoms with Crippen molar-refractivity contribution in [3.8, 4) is 5.75 Å². The number of Topliss-reactive ketones (excluding diaryl/α,β-unsaturated/α-hetero) is 1. The summed E-state index contributed by atoms with van der Waals surface area (Å²) in [6, 6.07) is 6.92. The number of ether oxygens (including phenoxy) is 1. The molecule has 46 heavy (non-hydrogen) atoms. The zero-order valence-electron chi connectivity index (χ0n) is 24.7. The van der Waals surface area contributed by atoms with Crippen LogP contribution < -0.4 is 9.74 Å². The number of alkyl halides is 6. The fraction of sp³-hybridized carbons (Fsp3) is 0.464. The van der Waals surface area contributed by atoms with E-state index < -0.39 is 76.3 Å². The molecule has 1 aliphatic carbocycles. The fourth-order valence-corrected chi connectivity index (χ4v) is 6.32. The molecule has 4 rings (SSSR count). The van der Waals surface area contributed by atoms with E-state index in [4.69, 9.17) is 4.74 Å². The van der Waals surface area contributed by atoms with Crippen molar-refractivity contribution in [2.45, 2.75) is 56.8 Å². The lowest BCUT2D eigenvalue weighted by Crippen LogP contribution is -2.36. The van der Waals surface area contributed by atoms with Crippen LogP contribution in [0.25, 0.3) is 10.9 Å². The molecule has 2 aromatic carbocycles. The minimum atomic E-state index is -5.94. The third kappa shape index (κ3) is 7.94. The van der Waals surface area contributed by atoms with Crippen LogP contribution in [0.4, 0.5) is 26.3 Å². The Morgan fingerprint density at radius 1 is 1.00 bits per heavy atom. The van der Waals surface area contributed by atoms with Crippen molar-refractivity contribution in [3.63, 3.8) is 0 Å². The third-order valence-corrected chi connectivity index (χ3v) is 10.3. The minimum absolute atomic E-state index is 0.0513. The third-order valence-electron chi connectivity index (χ3n) is 7.58. The zero-order valence-corrected chi connectivity index (χ0v) is 26.5. The number of carbonyl (C=O) groups excluding carboxylic acids is 2. The van der Waals surface area contributed by atoms with Gasteiger partial charge in [-0.15, -0.1) is 5.10 Å². The molecule has 1 fully saturated rings. The molecular formula is C28H29F6N3O7SSi. The number of aromatic nitrogens is 3. The normalized spacial score (nSPS) is 19.3. The Hall–Kier alpha value is -3.80. The molecule has 0 unspecified atom stereocenters. The van der Waals surface area contributed by atoms with Crippen LogP contribution in [0.1, 0.15) is 28.8 Å². The maximum Gasteiger partial charge on any atom is 0.534 e. The molecule has 10 nitrogen and oxygen atoms in total. The monoisotopic (exact) mass is 693 g/mol. The molecule has 0 bridgehead atoms. The summed E-state index contributed by atoms with van der Waals surface area (Å²) in [5.41, 5.74) is -7.71. The van der Waals surface area contributed by atoms with Crippen LogP contribution in [0.5, 0.6) is 5.75 Å². The molecule has 0 N–H and O–H groups in total. The van der Waals surface area contributed by atoms with Crippen LogP contribution in [0.15, 0.2) is 47.3 Å². The highest BCUT2D eigenvalue weighted by Crippen LogP contribution is 2.41. The molecule has 1 aliphatic rings. The number of carbonyl (C=O) groups is 2. The minimum Gasteiger partial charge on any atom is -0.466 e. The van der Waals surface area contributed by atoms with Gasteiger partial charge in [-0.25, -0.2) is 4.68 Å². The van der Waals surface area contributed by atoms with Gasteiger partial charge in [-0.1, -0.05) is 24.9 Å². The standard InChI is InChI=1S/C28H29F6N3O7SSi/c1-46(2,3)13-12-43-26(40)23-17(15-37-25(39)21-14-18(27(29,30)31)7-11-22(21)35-36-37)6-10-20(23)24(38)16-4-8-19(9-5-16)44-45(41,42)28(32,33)34/h4-5,7-9,11,14,17,20,23H,6,10,12-13,15H2,1-3H3/t17-,20-,23-/m0/s1. The van der Waals surface area contributed by atoms with E-state index in [-0.39, 0.29) is 42.5 Å². The van der Waals surface area contributed by atoms with E-state index in [1.54, 1.807) is 0 Å². The quantitative estimate of drug-likeness (QED) is 0.0679. The molecule has 0 spiro atoms. The van der Waals surface area contributed by atoms with Crippen LogP contribution in [-0.2, 0) is 32.4 Å². The molecule has 18 heteroatoms. The molecule has 0 radical (unpaired) electrons. The van der Waals surface area contributed by atoms with Gasteiger partial charge in [0.25, 0.3) is 5.56 Å². The molecule has 1 heterocycles. The SMILES string of the molecule is C[Si](C)(C)CCOC(=O)[C@H]1[C@H](Cn2nnc3ccc(C(F)(F)F)cc3c2=O)CC[C@@H]1C(=O)c1ccc(OS(=O)(=O)C(F)(F)F)cc1. The molecule has 0 aliphatic heterocycles. The molecule has 1 aromatic heterocycles. The van der Waals surface area contributed by atoms with Gasteiger partial charge in [-0.05, 0) is 67.3 Å². The summed E-state index contributed by atoms with van der Waals surface area (Å²) < 4.78 is 111.